The van der Waals surface area contributed by atoms with Crippen molar-refractivity contribution in [3.8, 4) is 0 Å². The van der Waals surface area contributed by atoms with Crippen LogP contribution in [-0.2, 0) is 17.9 Å². The van der Waals surface area contributed by atoms with Crippen molar-refractivity contribution in [3.05, 3.63) is 42.0 Å². The first kappa shape index (κ1) is 15.2. The topological polar surface area (TPSA) is 63.2 Å². The van der Waals surface area contributed by atoms with Crippen LogP contribution in [0.5, 0.6) is 0 Å². The Morgan fingerprint density at radius 3 is 2.86 bits per heavy atom. The van der Waals surface area contributed by atoms with Crippen LogP contribution in [0.3, 0.4) is 0 Å². The second-order valence-corrected chi connectivity index (χ2v) is 4.71. The number of hydrogen-bond donors (Lipinski definition) is 1. The van der Waals surface area contributed by atoms with Crippen LogP contribution in [-0.4, -0.2) is 35.7 Å². The third kappa shape index (κ3) is 4.39. The van der Waals surface area contributed by atoms with Gasteiger partial charge in [0, 0.05) is 45.7 Å². The Labute approximate surface area is 125 Å². The number of nitrogens with zero attached hydrogens (tertiary/aromatic N) is 4. The number of nitrogens with one attached hydrogen (secondary N) is 1. The monoisotopic (exact) mass is 287 g/mol. The summed E-state index contributed by atoms with van der Waals surface area (Å²) in [5.41, 5.74) is 1.14. The average Bonchev–Trinajstić information content (AvgIpc) is 2.49. The molecule has 1 N–H and O–H groups in total. The van der Waals surface area contributed by atoms with Crippen LogP contribution in [0, 0.1) is 0 Å². The van der Waals surface area contributed by atoms with E-state index in [4.69, 9.17) is 4.74 Å². The van der Waals surface area contributed by atoms with Crippen LogP contribution in [0.25, 0.3) is 0 Å². The lowest BCUT2D eigenvalue weighted by molar-refractivity contribution is 0.178. The number of methoxy groups -OCH3 is 1. The number of ether oxygens (including phenoxy) is 1. The van der Waals surface area contributed by atoms with E-state index in [9.17, 15) is 0 Å². The fourth-order valence-electron chi connectivity index (χ4n) is 1.99. The second-order valence-electron chi connectivity index (χ2n) is 4.71. The first-order valence-corrected chi connectivity index (χ1v) is 6.93. The summed E-state index contributed by atoms with van der Waals surface area (Å²) < 4.78 is 5.13. The van der Waals surface area contributed by atoms with Crippen molar-refractivity contribution in [2.75, 3.05) is 30.9 Å². The average molecular weight is 287 g/mol. The second kappa shape index (κ2) is 7.54. The zero-order valence-corrected chi connectivity index (χ0v) is 12.7. The number of pyridine rings is 1. The normalized spacial score (nSPS) is 10.4. The maximum Gasteiger partial charge on any atom is 0.158 e. The van der Waals surface area contributed by atoms with Crippen molar-refractivity contribution in [2.24, 2.45) is 0 Å². The quantitative estimate of drug-likeness (QED) is 0.841. The minimum absolute atomic E-state index is 0.396. The summed E-state index contributed by atoms with van der Waals surface area (Å²) in [6, 6.07) is 5.93. The highest BCUT2D eigenvalue weighted by Crippen LogP contribution is 2.17. The molecular formula is C15H21N5O. The van der Waals surface area contributed by atoms with Gasteiger partial charge in [0.25, 0.3) is 0 Å². The smallest absolute Gasteiger partial charge is 0.158 e. The molecule has 0 radical (unpaired) electrons. The predicted molar refractivity (Wildman–Crippen MR) is 83.3 cm³/mol. The summed E-state index contributed by atoms with van der Waals surface area (Å²) >= 11 is 0. The summed E-state index contributed by atoms with van der Waals surface area (Å²) in [5, 5.41) is 3.22. The van der Waals surface area contributed by atoms with Gasteiger partial charge in [0.15, 0.2) is 5.82 Å². The maximum absolute atomic E-state index is 5.13. The highest BCUT2D eigenvalue weighted by molar-refractivity contribution is 5.49. The van der Waals surface area contributed by atoms with Gasteiger partial charge in [-0.15, -0.1) is 0 Å². The van der Waals surface area contributed by atoms with E-state index in [0.717, 1.165) is 30.3 Å². The van der Waals surface area contributed by atoms with Gasteiger partial charge in [-0.05, 0) is 18.6 Å². The zero-order chi connectivity index (χ0) is 15.1. The molecule has 6 nitrogen and oxygen atoms in total. The molecule has 0 unspecified atom stereocenters. The molecule has 112 valence electrons. The van der Waals surface area contributed by atoms with Gasteiger partial charge in [-0.1, -0.05) is 6.07 Å². The number of anilines is 2. The van der Waals surface area contributed by atoms with Gasteiger partial charge in [0.2, 0.25) is 0 Å². The molecule has 21 heavy (non-hydrogen) atoms. The Morgan fingerprint density at radius 2 is 2.19 bits per heavy atom. The lowest BCUT2D eigenvalue weighted by Gasteiger charge is -2.19. The van der Waals surface area contributed by atoms with Crippen LogP contribution < -0.4 is 10.2 Å². The molecule has 2 rings (SSSR count). The van der Waals surface area contributed by atoms with E-state index in [-0.39, 0.29) is 0 Å². The summed E-state index contributed by atoms with van der Waals surface area (Å²) in [7, 11) is 3.64. The summed E-state index contributed by atoms with van der Waals surface area (Å²) in [6.45, 7) is 3.99. The molecule has 2 aromatic rings. The maximum atomic E-state index is 5.13. The molecule has 0 aliphatic rings. The van der Waals surface area contributed by atoms with Crippen LogP contribution in [0.15, 0.2) is 30.6 Å². The largest absolute Gasteiger partial charge is 0.377 e. The molecule has 0 aliphatic carbocycles. The molecule has 0 fully saturated rings. The fourth-order valence-corrected chi connectivity index (χ4v) is 1.99. The Bertz CT molecular complexity index is 537. The molecule has 0 bridgehead atoms. The van der Waals surface area contributed by atoms with Crippen molar-refractivity contribution >= 4 is 11.6 Å². The molecule has 0 aliphatic heterocycles. The fraction of sp³-hybridized carbons (Fsp3) is 0.400. The minimum Gasteiger partial charge on any atom is -0.377 e. The molecule has 2 aromatic heterocycles. The molecular weight excluding hydrogens is 266 g/mol. The molecule has 2 heterocycles. The molecule has 0 spiro atoms. The van der Waals surface area contributed by atoms with Crippen molar-refractivity contribution < 1.29 is 4.74 Å². The molecule has 0 aromatic carbocycles. The first-order valence-electron chi connectivity index (χ1n) is 6.93. The predicted octanol–water partition coefficient (Wildman–Crippen LogP) is 2.09. The first-order chi connectivity index (χ1) is 10.2. The standard InChI is InChI=1S/C15H21N5O/c1-4-17-13-8-15(19-14(18-13)11-21-3)20(2)10-12-6-5-7-16-9-12/h5-9H,4,10-11H2,1-3H3,(H,17,18,19). The van der Waals surface area contributed by atoms with Gasteiger partial charge >= 0.3 is 0 Å². The number of rotatable bonds is 7. The Kier molecular flexibility index (Phi) is 5.45. The van der Waals surface area contributed by atoms with Crippen molar-refractivity contribution in [3.63, 3.8) is 0 Å². The third-order valence-electron chi connectivity index (χ3n) is 2.92. The lowest BCUT2D eigenvalue weighted by atomic mass is 10.2. The van der Waals surface area contributed by atoms with Crippen molar-refractivity contribution in [2.45, 2.75) is 20.1 Å². The molecule has 6 heteroatoms. The van der Waals surface area contributed by atoms with Gasteiger partial charge in [-0.25, -0.2) is 9.97 Å². The van der Waals surface area contributed by atoms with Crippen LogP contribution in [0.4, 0.5) is 11.6 Å². The number of aromatic nitrogens is 3. The van der Waals surface area contributed by atoms with Crippen molar-refractivity contribution in [1.82, 2.24) is 15.0 Å². The van der Waals surface area contributed by atoms with Gasteiger partial charge in [0.05, 0.1) is 0 Å². The summed E-state index contributed by atoms with van der Waals surface area (Å²) in [5.74, 6) is 2.34. The Balaban J connectivity index is 2.20. The lowest BCUT2D eigenvalue weighted by Crippen LogP contribution is -2.19. The minimum atomic E-state index is 0.396. The third-order valence-corrected chi connectivity index (χ3v) is 2.92. The molecule has 0 saturated heterocycles. The SMILES string of the molecule is CCNc1cc(N(C)Cc2cccnc2)nc(COC)n1. The Hall–Kier alpha value is -2.21. The van der Waals surface area contributed by atoms with E-state index in [1.54, 1.807) is 13.3 Å². The summed E-state index contributed by atoms with van der Waals surface area (Å²) in [4.78, 5) is 15.1. The van der Waals surface area contributed by atoms with Gasteiger partial charge < -0.3 is 15.0 Å². The van der Waals surface area contributed by atoms with E-state index < -0.39 is 0 Å². The molecule has 0 amide bonds. The van der Waals surface area contributed by atoms with Crippen molar-refractivity contribution in [1.29, 1.82) is 0 Å². The van der Waals surface area contributed by atoms with Crippen LogP contribution in [0.2, 0.25) is 0 Å². The zero-order valence-electron chi connectivity index (χ0n) is 12.7. The van der Waals surface area contributed by atoms with E-state index in [2.05, 4.69) is 25.2 Å². The Morgan fingerprint density at radius 1 is 1.33 bits per heavy atom. The van der Waals surface area contributed by atoms with E-state index in [0.29, 0.717) is 12.4 Å². The van der Waals surface area contributed by atoms with Gasteiger partial charge in [-0.3, -0.25) is 4.98 Å². The molecule has 0 atom stereocenters. The molecule has 0 saturated carbocycles. The van der Waals surface area contributed by atoms with E-state index >= 15 is 0 Å². The number of hydrogen-bond acceptors (Lipinski definition) is 6. The van der Waals surface area contributed by atoms with Gasteiger partial charge in [0.1, 0.15) is 18.2 Å². The van der Waals surface area contributed by atoms with Gasteiger partial charge in [-0.2, -0.15) is 0 Å². The van der Waals surface area contributed by atoms with Crippen LogP contribution in [0.1, 0.15) is 18.3 Å². The van der Waals surface area contributed by atoms with E-state index in [1.807, 2.05) is 38.4 Å². The van der Waals surface area contributed by atoms with Crippen LogP contribution >= 0.6 is 0 Å². The highest BCUT2D eigenvalue weighted by atomic mass is 16.5. The highest BCUT2D eigenvalue weighted by Gasteiger charge is 2.09. The van der Waals surface area contributed by atoms with E-state index in [1.165, 1.54) is 0 Å². The summed E-state index contributed by atoms with van der Waals surface area (Å²) in [6.07, 6.45) is 3.63.